The second kappa shape index (κ2) is 8.18. The van der Waals surface area contributed by atoms with Gasteiger partial charge in [0.2, 0.25) is 0 Å². The molecule has 3 heterocycles. The highest BCUT2D eigenvalue weighted by molar-refractivity contribution is 7.90. The zero-order valence-corrected chi connectivity index (χ0v) is 18.9. The maximum absolute atomic E-state index is 14.1. The van der Waals surface area contributed by atoms with E-state index in [9.17, 15) is 26.0 Å². The number of fused-ring (bicyclic) bond motifs is 2. The van der Waals surface area contributed by atoms with Crippen LogP contribution < -0.4 is 10.6 Å². The van der Waals surface area contributed by atoms with Crippen LogP contribution in [0.2, 0.25) is 0 Å². The quantitative estimate of drug-likeness (QED) is 0.307. The fourth-order valence-electron chi connectivity index (χ4n) is 3.93. The van der Waals surface area contributed by atoms with E-state index in [1.165, 1.54) is 24.3 Å². The lowest BCUT2D eigenvalue weighted by Gasteiger charge is -2.14. The molecule has 0 saturated carbocycles. The number of imidazole rings is 1. The number of aromatic nitrogens is 4. The van der Waals surface area contributed by atoms with Crippen molar-refractivity contribution >= 4 is 44.0 Å². The topological polar surface area (TPSA) is 113 Å². The Morgan fingerprint density at radius 1 is 1.00 bits per heavy atom. The molecule has 0 radical (unpaired) electrons. The standard InChI is InChI=1S/C22H18F4N6O2S/c1-35(33,34)14-5-3-2-4-12(14)27-13-10-16(30-20-17(13)31-21(32-20)19(23)24)28-15-7-6-11-8-9-22(25,26)18(11)29-15/h2-7,10,19H,8-9H2,1H3,(H3,27,28,29,30,31,32). The van der Waals surface area contributed by atoms with Crippen molar-refractivity contribution in [2.75, 3.05) is 16.9 Å². The monoisotopic (exact) mass is 506 g/mol. The first-order valence-corrected chi connectivity index (χ1v) is 12.3. The van der Waals surface area contributed by atoms with E-state index in [4.69, 9.17) is 0 Å². The van der Waals surface area contributed by atoms with E-state index in [0.29, 0.717) is 5.56 Å². The summed E-state index contributed by atoms with van der Waals surface area (Å²) >= 11 is 0. The summed E-state index contributed by atoms with van der Waals surface area (Å²) < 4.78 is 79.3. The Balaban J connectivity index is 1.59. The van der Waals surface area contributed by atoms with Gasteiger partial charge in [0.15, 0.2) is 21.3 Å². The highest BCUT2D eigenvalue weighted by Gasteiger charge is 2.41. The predicted octanol–water partition coefficient (Wildman–Crippen LogP) is 5.22. The van der Waals surface area contributed by atoms with Gasteiger partial charge in [-0.3, -0.25) is 0 Å². The largest absolute Gasteiger partial charge is 0.352 e. The van der Waals surface area contributed by atoms with Gasteiger partial charge in [-0.15, -0.1) is 0 Å². The van der Waals surface area contributed by atoms with Crippen LogP contribution in [0.3, 0.4) is 0 Å². The highest BCUT2D eigenvalue weighted by Crippen LogP contribution is 2.41. The van der Waals surface area contributed by atoms with Gasteiger partial charge in [-0.05, 0) is 30.2 Å². The van der Waals surface area contributed by atoms with Crippen LogP contribution in [0.15, 0.2) is 47.4 Å². The molecule has 182 valence electrons. The van der Waals surface area contributed by atoms with Crippen molar-refractivity contribution in [1.29, 1.82) is 0 Å². The molecule has 0 aliphatic heterocycles. The van der Waals surface area contributed by atoms with Crippen molar-refractivity contribution in [3.05, 3.63) is 59.5 Å². The second-order valence-electron chi connectivity index (χ2n) is 8.10. The van der Waals surface area contributed by atoms with Crippen molar-refractivity contribution in [3.63, 3.8) is 0 Å². The lowest BCUT2D eigenvalue weighted by Crippen LogP contribution is -2.11. The Labute approximate surface area is 196 Å². The Morgan fingerprint density at radius 3 is 2.51 bits per heavy atom. The molecular weight excluding hydrogens is 488 g/mol. The summed E-state index contributed by atoms with van der Waals surface area (Å²) in [5.74, 6) is -3.48. The molecular formula is C22H18F4N6O2S. The van der Waals surface area contributed by atoms with Crippen LogP contribution in [0.4, 0.5) is 40.6 Å². The number of hydrogen-bond acceptors (Lipinski definition) is 7. The molecule has 13 heteroatoms. The Kier molecular flexibility index (Phi) is 5.38. The molecule has 0 amide bonds. The first-order chi connectivity index (χ1) is 16.5. The summed E-state index contributed by atoms with van der Waals surface area (Å²) in [4.78, 5) is 14.6. The first kappa shape index (κ1) is 23.0. The summed E-state index contributed by atoms with van der Waals surface area (Å²) in [6.07, 6.45) is -1.96. The normalized spacial score (nSPS) is 14.9. The molecule has 5 rings (SSSR count). The number of halogens is 4. The number of nitrogens with zero attached hydrogens (tertiary/aromatic N) is 3. The Morgan fingerprint density at radius 2 is 1.77 bits per heavy atom. The molecule has 1 aliphatic rings. The van der Waals surface area contributed by atoms with Gasteiger partial charge in [-0.1, -0.05) is 18.2 Å². The summed E-state index contributed by atoms with van der Waals surface area (Å²) in [7, 11) is -3.61. The van der Waals surface area contributed by atoms with Gasteiger partial charge in [0, 0.05) is 18.7 Å². The third-order valence-corrected chi connectivity index (χ3v) is 6.68. The first-order valence-electron chi connectivity index (χ1n) is 10.4. The van der Waals surface area contributed by atoms with E-state index in [1.54, 1.807) is 18.2 Å². The van der Waals surface area contributed by atoms with Crippen LogP contribution >= 0.6 is 0 Å². The minimum absolute atomic E-state index is 0.00777. The number of sulfone groups is 1. The molecule has 0 atom stereocenters. The smallest absolute Gasteiger partial charge is 0.295 e. The molecule has 1 aliphatic carbocycles. The van der Waals surface area contributed by atoms with Crippen LogP contribution in [-0.2, 0) is 22.2 Å². The van der Waals surface area contributed by atoms with E-state index in [2.05, 4.69) is 30.6 Å². The average molecular weight is 506 g/mol. The summed E-state index contributed by atoms with van der Waals surface area (Å²) in [5.41, 5.74) is 0.539. The maximum atomic E-state index is 14.1. The van der Waals surface area contributed by atoms with Crippen molar-refractivity contribution in [2.24, 2.45) is 0 Å². The van der Waals surface area contributed by atoms with E-state index < -0.39 is 28.0 Å². The van der Waals surface area contributed by atoms with E-state index in [0.717, 1.165) is 6.26 Å². The number of hydrogen-bond donors (Lipinski definition) is 3. The number of alkyl halides is 4. The molecule has 0 fully saturated rings. The number of aryl methyl sites for hydroxylation is 1. The third kappa shape index (κ3) is 4.38. The average Bonchev–Trinajstić information content (AvgIpc) is 3.35. The molecule has 0 bridgehead atoms. The fraction of sp³-hybridized carbons (Fsp3) is 0.227. The number of H-pyrrole nitrogens is 1. The zero-order valence-electron chi connectivity index (χ0n) is 18.1. The third-order valence-electron chi connectivity index (χ3n) is 5.52. The van der Waals surface area contributed by atoms with Crippen molar-refractivity contribution in [2.45, 2.75) is 30.1 Å². The number of anilines is 4. The predicted molar refractivity (Wildman–Crippen MR) is 121 cm³/mol. The van der Waals surface area contributed by atoms with Gasteiger partial charge in [-0.2, -0.15) is 8.78 Å². The van der Waals surface area contributed by atoms with E-state index in [-0.39, 0.29) is 57.6 Å². The molecule has 8 nitrogen and oxygen atoms in total. The number of pyridine rings is 2. The minimum Gasteiger partial charge on any atom is -0.352 e. The minimum atomic E-state index is -3.61. The van der Waals surface area contributed by atoms with Crippen LogP contribution in [0.25, 0.3) is 11.2 Å². The van der Waals surface area contributed by atoms with Crippen LogP contribution in [0.1, 0.15) is 29.9 Å². The Bertz CT molecular complexity index is 1560. The number of rotatable bonds is 6. The highest BCUT2D eigenvalue weighted by atomic mass is 32.2. The van der Waals surface area contributed by atoms with Gasteiger partial charge >= 0.3 is 0 Å². The second-order valence-corrected chi connectivity index (χ2v) is 10.1. The number of aromatic amines is 1. The van der Waals surface area contributed by atoms with Gasteiger partial charge < -0.3 is 15.6 Å². The van der Waals surface area contributed by atoms with E-state index >= 15 is 0 Å². The van der Waals surface area contributed by atoms with Crippen molar-refractivity contribution < 1.29 is 26.0 Å². The molecule has 0 spiro atoms. The summed E-state index contributed by atoms with van der Waals surface area (Å²) in [5, 5.41) is 5.75. The number of para-hydroxylation sites is 1. The molecule has 3 N–H and O–H groups in total. The van der Waals surface area contributed by atoms with Crippen LogP contribution in [0, 0.1) is 0 Å². The van der Waals surface area contributed by atoms with Gasteiger partial charge in [-0.25, -0.2) is 32.2 Å². The van der Waals surface area contributed by atoms with Crippen LogP contribution in [-0.4, -0.2) is 34.6 Å². The molecule has 0 saturated heterocycles. The van der Waals surface area contributed by atoms with Crippen LogP contribution in [0.5, 0.6) is 0 Å². The Hall–Kier alpha value is -3.74. The molecule has 0 unspecified atom stereocenters. The molecule has 4 aromatic rings. The van der Waals surface area contributed by atoms with Gasteiger partial charge in [0.1, 0.15) is 22.8 Å². The maximum Gasteiger partial charge on any atom is 0.295 e. The lowest BCUT2D eigenvalue weighted by atomic mass is 10.2. The molecule has 35 heavy (non-hydrogen) atoms. The SMILES string of the molecule is CS(=O)(=O)c1ccccc1Nc1cc(Nc2ccc3c(n2)C(F)(F)CC3)nc2[nH]c(C(F)F)nc12. The van der Waals surface area contributed by atoms with Gasteiger partial charge in [0.25, 0.3) is 12.3 Å². The van der Waals surface area contributed by atoms with E-state index in [1.807, 2.05) is 0 Å². The summed E-state index contributed by atoms with van der Waals surface area (Å²) in [6.45, 7) is 0. The summed E-state index contributed by atoms with van der Waals surface area (Å²) in [6, 6.07) is 10.6. The van der Waals surface area contributed by atoms with Gasteiger partial charge in [0.05, 0.1) is 16.3 Å². The zero-order chi connectivity index (χ0) is 25.0. The fourth-order valence-corrected chi connectivity index (χ4v) is 4.77. The van der Waals surface area contributed by atoms with Crippen molar-refractivity contribution in [1.82, 2.24) is 19.9 Å². The molecule has 1 aromatic carbocycles. The number of benzene rings is 1. The molecule has 3 aromatic heterocycles. The lowest BCUT2D eigenvalue weighted by molar-refractivity contribution is -0.00581. The number of nitrogens with one attached hydrogen (secondary N) is 3. The van der Waals surface area contributed by atoms with Crippen molar-refractivity contribution in [3.8, 4) is 0 Å².